The lowest BCUT2D eigenvalue weighted by Crippen LogP contribution is -2.22. The van der Waals surface area contributed by atoms with E-state index in [1.807, 2.05) is 19.9 Å². The van der Waals surface area contributed by atoms with Gasteiger partial charge >= 0.3 is 6.03 Å². The maximum absolute atomic E-state index is 11.9. The van der Waals surface area contributed by atoms with Crippen molar-refractivity contribution in [2.75, 3.05) is 0 Å². The Morgan fingerprint density at radius 2 is 2.24 bits per heavy atom. The highest BCUT2D eigenvalue weighted by molar-refractivity contribution is 5.78. The second kappa shape index (κ2) is 4.13. The van der Waals surface area contributed by atoms with Crippen LogP contribution < -0.4 is 0 Å². The van der Waals surface area contributed by atoms with Gasteiger partial charge in [-0.25, -0.2) is 4.79 Å². The molecule has 2 heterocycles. The molecule has 0 spiro atoms. The second-order valence-corrected chi connectivity index (χ2v) is 3.63. The summed E-state index contributed by atoms with van der Waals surface area (Å²) < 4.78 is 1.91. The van der Waals surface area contributed by atoms with Crippen molar-refractivity contribution >= 4 is 6.03 Å². The SMILES string of the molecule is CC(C)c1nnn(C(=O)n2ccnn2)c1C#N. The molecule has 0 radical (unpaired) electrons. The smallest absolute Gasteiger partial charge is 0.243 e. The molecule has 2 rings (SSSR count). The summed E-state index contributed by atoms with van der Waals surface area (Å²) >= 11 is 0. The number of aromatic nitrogens is 6. The number of carbonyl (C=O) groups is 1. The van der Waals surface area contributed by atoms with Gasteiger partial charge in [-0.1, -0.05) is 24.3 Å². The molecule has 0 unspecified atom stereocenters. The molecule has 0 amide bonds. The molecular weight excluding hydrogens is 222 g/mol. The van der Waals surface area contributed by atoms with E-state index >= 15 is 0 Å². The Balaban J connectivity index is 2.48. The Morgan fingerprint density at radius 1 is 1.47 bits per heavy atom. The molecule has 0 aromatic carbocycles. The van der Waals surface area contributed by atoms with Crippen molar-refractivity contribution in [2.45, 2.75) is 19.8 Å². The van der Waals surface area contributed by atoms with Gasteiger partial charge in [0.15, 0.2) is 5.69 Å². The Bertz CT molecular complexity index is 575. The first-order chi connectivity index (χ1) is 8.15. The summed E-state index contributed by atoms with van der Waals surface area (Å²) in [5, 5.41) is 23.6. The molecule has 0 N–H and O–H groups in total. The average molecular weight is 231 g/mol. The molecule has 0 atom stereocenters. The van der Waals surface area contributed by atoms with Gasteiger partial charge in [-0.15, -0.1) is 14.9 Å². The zero-order chi connectivity index (χ0) is 12.4. The number of hydrogen-bond acceptors (Lipinski definition) is 6. The zero-order valence-corrected chi connectivity index (χ0v) is 9.27. The van der Waals surface area contributed by atoms with Gasteiger partial charge < -0.3 is 0 Å². The minimum absolute atomic E-state index is 0.0157. The van der Waals surface area contributed by atoms with Crippen LogP contribution in [0, 0.1) is 11.3 Å². The van der Waals surface area contributed by atoms with Crippen molar-refractivity contribution in [3.8, 4) is 6.07 Å². The van der Waals surface area contributed by atoms with E-state index in [-0.39, 0.29) is 11.6 Å². The molecule has 86 valence electrons. The van der Waals surface area contributed by atoms with Crippen molar-refractivity contribution < 1.29 is 4.79 Å². The molecule has 0 aliphatic rings. The van der Waals surface area contributed by atoms with Crippen LogP contribution in [0.5, 0.6) is 0 Å². The van der Waals surface area contributed by atoms with Gasteiger partial charge in [0.2, 0.25) is 0 Å². The molecule has 2 aromatic heterocycles. The molecule has 0 aliphatic heterocycles. The Hall–Kier alpha value is -2.56. The van der Waals surface area contributed by atoms with Crippen LogP contribution in [0.4, 0.5) is 4.79 Å². The minimum Gasteiger partial charge on any atom is -0.243 e. The van der Waals surface area contributed by atoms with E-state index < -0.39 is 6.03 Å². The standard InChI is InChI=1S/C9H9N7O/c1-6(2)8-7(5-10)16(14-12-8)9(17)15-4-3-11-13-15/h3-4,6H,1-2H3. The summed E-state index contributed by atoms with van der Waals surface area (Å²) in [6.45, 7) is 3.74. The van der Waals surface area contributed by atoms with Crippen LogP contribution in [-0.2, 0) is 0 Å². The van der Waals surface area contributed by atoms with E-state index in [9.17, 15) is 4.79 Å². The third-order valence-electron chi connectivity index (χ3n) is 2.15. The molecule has 0 saturated carbocycles. The highest BCUT2D eigenvalue weighted by Crippen LogP contribution is 2.15. The molecular formula is C9H9N7O. The summed E-state index contributed by atoms with van der Waals surface area (Å²) in [5.74, 6) is 0.0157. The van der Waals surface area contributed by atoms with Gasteiger partial charge in [0.25, 0.3) is 0 Å². The quantitative estimate of drug-likeness (QED) is 0.703. The molecule has 2 aromatic rings. The summed E-state index contributed by atoms with van der Waals surface area (Å²) in [5.41, 5.74) is 0.612. The lowest BCUT2D eigenvalue weighted by Gasteiger charge is -2.01. The van der Waals surface area contributed by atoms with Gasteiger partial charge in [-0.2, -0.15) is 9.94 Å². The topological polar surface area (TPSA) is 102 Å². The molecule has 8 nitrogen and oxygen atoms in total. The van der Waals surface area contributed by atoms with E-state index in [4.69, 9.17) is 5.26 Å². The molecule has 0 aliphatic carbocycles. The summed E-state index contributed by atoms with van der Waals surface area (Å²) in [6.07, 6.45) is 2.74. The number of carbonyl (C=O) groups excluding carboxylic acids is 1. The van der Waals surface area contributed by atoms with Crippen LogP contribution in [0.3, 0.4) is 0 Å². The Morgan fingerprint density at radius 3 is 2.76 bits per heavy atom. The third-order valence-corrected chi connectivity index (χ3v) is 2.15. The van der Waals surface area contributed by atoms with E-state index in [2.05, 4.69) is 20.6 Å². The highest BCUT2D eigenvalue weighted by atomic mass is 16.2. The van der Waals surface area contributed by atoms with Gasteiger partial charge in [-0.05, 0) is 0 Å². The first-order valence-corrected chi connectivity index (χ1v) is 4.92. The first kappa shape index (κ1) is 10.9. The molecule has 0 saturated heterocycles. The van der Waals surface area contributed by atoms with Crippen molar-refractivity contribution in [1.29, 1.82) is 5.26 Å². The van der Waals surface area contributed by atoms with E-state index in [1.54, 1.807) is 0 Å². The maximum Gasteiger partial charge on any atom is 0.373 e. The van der Waals surface area contributed by atoms with Crippen molar-refractivity contribution in [3.05, 3.63) is 23.8 Å². The van der Waals surface area contributed by atoms with Crippen molar-refractivity contribution in [1.82, 2.24) is 30.0 Å². The van der Waals surface area contributed by atoms with Crippen LogP contribution in [0.2, 0.25) is 0 Å². The molecule has 17 heavy (non-hydrogen) atoms. The fourth-order valence-electron chi connectivity index (χ4n) is 1.33. The minimum atomic E-state index is -0.585. The fraction of sp³-hybridized carbons (Fsp3) is 0.333. The largest absolute Gasteiger partial charge is 0.373 e. The first-order valence-electron chi connectivity index (χ1n) is 4.92. The predicted molar refractivity (Wildman–Crippen MR) is 55.0 cm³/mol. The second-order valence-electron chi connectivity index (χ2n) is 3.63. The van der Waals surface area contributed by atoms with Crippen LogP contribution >= 0.6 is 0 Å². The molecule has 8 heteroatoms. The van der Waals surface area contributed by atoms with E-state index in [0.717, 1.165) is 9.36 Å². The van der Waals surface area contributed by atoms with Crippen LogP contribution in [0.1, 0.15) is 31.2 Å². The number of rotatable bonds is 1. The maximum atomic E-state index is 11.9. The normalized spacial score (nSPS) is 10.5. The summed E-state index contributed by atoms with van der Waals surface area (Å²) in [4.78, 5) is 11.9. The predicted octanol–water partition coefficient (Wildman–Crippen LogP) is 0.381. The number of nitriles is 1. The van der Waals surface area contributed by atoms with E-state index in [0.29, 0.717) is 5.69 Å². The van der Waals surface area contributed by atoms with Crippen molar-refractivity contribution in [3.63, 3.8) is 0 Å². The van der Waals surface area contributed by atoms with Gasteiger partial charge in [0.05, 0.1) is 12.4 Å². The van der Waals surface area contributed by atoms with Gasteiger partial charge in [-0.3, -0.25) is 0 Å². The summed E-state index contributed by atoms with van der Waals surface area (Å²) in [7, 11) is 0. The van der Waals surface area contributed by atoms with Gasteiger partial charge in [0.1, 0.15) is 11.8 Å². The Kier molecular flexibility index (Phi) is 2.66. The van der Waals surface area contributed by atoms with Crippen LogP contribution in [-0.4, -0.2) is 36.0 Å². The van der Waals surface area contributed by atoms with Gasteiger partial charge in [0, 0.05) is 5.92 Å². The average Bonchev–Trinajstić information content (AvgIpc) is 2.96. The van der Waals surface area contributed by atoms with E-state index in [1.165, 1.54) is 12.4 Å². The van der Waals surface area contributed by atoms with Crippen LogP contribution in [0.15, 0.2) is 12.4 Å². The number of hydrogen-bond donors (Lipinski definition) is 0. The molecule has 0 fully saturated rings. The fourth-order valence-corrected chi connectivity index (χ4v) is 1.33. The third kappa shape index (κ3) is 1.78. The Labute approximate surface area is 96.5 Å². The van der Waals surface area contributed by atoms with Crippen LogP contribution in [0.25, 0.3) is 0 Å². The van der Waals surface area contributed by atoms with Crippen molar-refractivity contribution in [2.24, 2.45) is 0 Å². The monoisotopic (exact) mass is 231 g/mol. The summed E-state index contributed by atoms with van der Waals surface area (Å²) in [6, 6.07) is 1.34. The highest BCUT2D eigenvalue weighted by Gasteiger charge is 2.21. The lowest BCUT2D eigenvalue weighted by molar-refractivity contribution is 0.237. The zero-order valence-electron chi connectivity index (χ0n) is 9.27. The lowest BCUT2D eigenvalue weighted by atomic mass is 10.1. The molecule has 0 bridgehead atoms. The number of nitrogens with zero attached hydrogens (tertiary/aromatic N) is 7.